The van der Waals surface area contributed by atoms with E-state index < -0.39 is 0 Å². The lowest BCUT2D eigenvalue weighted by Gasteiger charge is -2.33. The summed E-state index contributed by atoms with van der Waals surface area (Å²) < 4.78 is 10.8. The van der Waals surface area contributed by atoms with Crippen LogP contribution in [0.25, 0.3) is 0 Å². The number of rotatable bonds is 6. The van der Waals surface area contributed by atoms with E-state index in [-0.39, 0.29) is 18.6 Å². The van der Waals surface area contributed by atoms with Gasteiger partial charge in [-0.25, -0.2) is 9.97 Å². The highest BCUT2D eigenvalue weighted by Crippen LogP contribution is 2.34. The van der Waals surface area contributed by atoms with Crippen molar-refractivity contribution >= 4 is 23.5 Å². The molecule has 2 aliphatic rings. The van der Waals surface area contributed by atoms with Crippen LogP contribution < -0.4 is 19.7 Å². The van der Waals surface area contributed by atoms with Crippen LogP contribution in [0, 0.1) is 5.92 Å². The van der Waals surface area contributed by atoms with Gasteiger partial charge in [0, 0.05) is 36.9 Å². The van der Waals surface area contributed by atoms with E-state index in [0.717, 1.165) is 52.2 Å². The monoisotopic (exact) mass is 448 g/mol. The largest absolute Gasteiger partial charge is 0.454 e. The Hall–Kier alpha value is -3.26. The van der Waals surface area contributed by atoms with Crippen LogP contribution in [0.5, 0.6) is 11.5 Å². The fourth-order valence-corrected chi connectivity index (χ4v) is 4.88. The zero-order valence-electron chi connectivity index (χ0n) is 17.6. The second-order valence-electron chi connectivity index (χ2n) is 7.79. The first-order valence-corrected chi connectivity index (χ1v) is 11.5. The minimum Gasteiger partial charge on any atom is -0.454 e. The molecule has 1 N–H and O–H groups in total. The van der Waals surface area contributed by atoms with Crippen molar-refractivity contribution in [2.24, 2.45) is 5.92 Å². The van der Waals surface area contributed by atoms with Crippen molar-refractivity contribution in [1.29, 1.82) is 0 Å². The topological polar surface area (TPSA) is 76.6 Å². The molecule has 0 aliphatic carbocycles. The van der Waals surface area contributed by atoms with Crippen LogP contribution in [0.4, 0.5) is 5.82 Å². The third-order valence-electron chi connectivity index (χ3n) is 5.60. The molecule has 8 heteroatoms. The number of carbonyl (C=O) groups excluding carboxylic acids is 1. The van der Waals surface area contributed by atoms with Gasteiger partial charge < -0.3 is 19.7 Å². The Bertz CT molecular complexity index is 1100. The van der Waals surface area contributed by atoms with E-state index in [1.807, 2.05) is 36.4 Å². The first-order valence-electron chi connectivity index (χ1n) is 10.7. The lowest BCUT2D eigenvalue weighted by atomic mass is 9.97. The molecule has 32 heavy (non-hydrogen) atoms. The zero-order chi connectivity index (χ0) is 21.8. The number of nitrogens with one attached hydrogen (secondary N) is 1. The van der Waals surface area contributed by atoms with Gasteiger partial charge in [0.25, 0.3) is 0 Å². The molecule has 1 atom stereocenters. The van der Waals surface area contributed by atoms with E-state index >= 15 is 0 Å². The molecule has 7 nitrogen and oxygen atoms in total. The number of aromatic nitrogens is 2. The van der Waals surface area contributed by atoms with Gasteiger partial charge in [0.05, 0.1) is 5.92 Å². The Labute approximate surface area is 191 Å². The zero-order valence-corrected chi connectivity index (χ0v) is 18.4. The molecule has 164 valence electrons. The summed E-state index contributed by atoms with van der Waals surface area (Å²) in [5, 5.41) is 3.94. The number of ether oxygens (including phenoxy) is 2. The maximum Gasteiger partial charge on any atom is 0.231 e. The van der Waals surface area contributed by atoms with Crippen molar-refractivity contribution in [3.8, 4) is 11.5 Å². The second-order valence-corrected chi connectivity index (χ2v) is 8.85. The van der Waals surface area contributed by atoms with E-state index in [0.29, 0.717) is 13.1 Å². The molecule has 0 radical (unpaired) electrons. The summed E-state index contributed by atoms with van der Waals surface area (Å²) in [6, 6.07) is 15.9. The smallest absolute Gasteiger partial charge is 0.231 e. The average molecular weight is 449 g/mol. The summed E-state index contributed by atoms with van der Waals surface area (Å²) in [6.45, 7) is 2.21. The number of hydrogen-bond acceptors (Lipinski definition) is 7. The highest BCUT2D eigenvalue weighted by molar-refractivity contribution is 7.99. The lowest BCUT2D eigenvalue weighted by molar-refractivity contribution is -0.125. The van der Waals surface area contributed by atoms with Crippen molar-refractivity contribution in [1.82, 2.24) is 15.3 Å². The highest BCUT2D eigenvalue weighted by atomic mass is 32.2. The molecular weight excluding hydrogens is 424 g/mol. The molecule has 5 rings (SSSR count). The summed E-state index contributed by atoms with van der Waals surface area (Å²) in [7, 11) is 0. The van der Waals surface area contributed by atoms with Gasteiger partial charge in [-0.3, -0.25) is 4.79 Å². The third-order valence-corrected chi connectivity index (χ3v) is 6.59. The van der Waals surface area contributed by atoms with Gasteiger partial charge in [0.15, 0.2) is 17.3 Å². The number of piperidine rings is 1. The number of nitrogens with zero attached hydrogens (tertiary/aromatic N) is 3. The number of hydrogen-bond donors (Lipinski definition) is 1. The Morgan fingerprint density at radius 2 is 1.94 bits per heavy atom. The molecule has 3 aromatic rings. The molecule has 1 aromatic heterocycles. The standard InChI is InChI=1S/C24H24N4O3S/c29-23(27-14-17-8-9-20-21(13-17)31-16-30-20)18-5-4-12-28(15-18)22-24(26-11-10-25-22)32-19-6-2-1-3-7-19/h1-3,6-11,13,18H,4-5,12,14-16H2,(H,27,29)/t18-/m1/s1. The molecule has 1 amide bonds. The fraction of sp³-hybridized carbons (Fsp3) is 0.292. The van der Waals surface area contributed by atoms with Crippen molar-refractivity contribution in [3.05, 3.63) is 66.5 Å². The van der Waals surface area contributed by atoms with Crippen molar-refractivity contribution < 1.29 is 14.3 Å². The predicted octanol–water partition coefficient (Wildman–Crippen LogP) is 3.89. The number of benzene rings is 2. The van der Waals surface area contributed by atoms with Crippen LogP contribution >= 0.6 is 11.8 Å². The maximum absolute atomic E-state index is 12.9. The predicted molar refractivity (Wildman–Crippen MR) is 122 cm³/mol. The summed E-state index contributed by atoms with van der Waals surface area (Å²) in [6.07, 6.45) is 5.24. The van der Waals surface area contributed by atoms with E-state index in [1.54, 1.807) is 24.2 Å². The van der Waals surface area contributed by atoms with Crippen LogP contribution in [0.3, 0.4) is 0 Å². The van der Waals surface area contributed by atoms with Gasteiger partial charge in [0.2, 0.25) is 12.7 Å². The summed E-state index contributed by atoms with van der Waals surface area (Å²) >= 11 is 1.60. The SMILES string of the molecule is O=C(NCc1ccc2c(c1)OCO2)[C@@H]1CCCN(c2nccnc2Sc2ccccc2)C1. The Morgan fingerprint density at radius 1 is 1.09 bits per heavy atom. The second kappa shape index (κ2) is 9.48. The number of anilines is 1. The Kier molecular flexibility index (Phi) is 6.11. The van der Waals surface area contributed by atoms with Gasteiger partial charge in [-0.15, -0.1) is 0 Å². The third kappa shape index (κ3) is 4.65. The normalized spacial score (nSPS) is 17.2. The van der Waals surface area contributed by atoms with Gasteiger partial charge in [-0.2, -0.15) is 0 Å². The van der Waals surface area contributed by atoms with E-state index in [4.69, 9.17) is 9.47 Å². The summed E-state index contributed by atoms with van der Waals surface area (Å²) in [5.74, 6) is 2.29. The Morgan fingerprint density at radius 3 is 2.84 bits per heavy atom. The molecule has 0 saturated carbocycles. The van der Waals surface area contributed by atoms with Crippen molar-refractivity contribution in [2.45, 2.75) is 29.3 Å². The molecule has 2 aliphatic heterocycles. The van der Waals surface area contributed by atoms with Gasteiger partial charge in [0.1, 0.15) is 5.03 Å². The Balaban J connectivity index is 1.23. The van der Waals surface area contributed by atoms with E-state index in [1.165, 1.54) is 0 Å². The molecular formula is C24H24N4O3S. The number of fused-ring (bicyclic) bond motifs is 1. The van der Waals surface area contributed by atoms with Crippen molar-refractivity contribution in [3.63, 3.8) is 0 Å². The van der Waals surface area contributed by atoms with Crippen molar-refractivity contribution in [2.75, 3.05) is 24.8 Å². The summed E-state index contributed by atoms with van der Waals surface area (Å²) in [4.78, 5) is 25.4. The molecule has 1 saturated heterocycles. The average Bonchev–Trinajstić information content (AvgIpc) is 3.32. The van der Waals surface area contributed by atoms with Crippen LogP contribution in [0.2, 0.25) is 0 Å². The molecule has 0 bridgehead atoms. The maximum atomic E-state index is 12.9. The van der Waals surface area contributed by atoms with Gasteiger partial charge >= 0.3 is 0 Å². The van der Waals surface area contributed by atoms with Gasteiger partial charge in [-0.05, 0) is 42.7 Å². The van der Waals surface area contributed by atoms with Crippen LogP contribution in [0.15, 0.2) is 70.8 Å². The molecule has 2 aromatic carbocycles. The van der Waals surface area contributed by atoms with Crippen LogP contribution in [-0.2, 0) is 11.3 Å². The first-order chi connectivity index (χ1) is 15.8. The highest BCUT2D eigenvalue weighted by Gasteiger charge is 2.28. The molecule has 3 heterocycles. The number of amides is 1. The van der Waals surface area contributed by atoms with E-state index in [2.05, 4.69) is 32.3 Å². The fourth-order valence-electron chi connectivity index (χ4n) is 3.97. The lowest BCUT2D eigenvalue weighted by Crippen LogP contribution is -2.43. The molecule has 0 unspecified atom stereocenters. The quantitative estimate of drug-likeness (QED) is 0.613. The van der Waals surface area contributed by atoms with Gasteiger partial charge in [-0.1, -0.05) is 36.0 Å². The molecule has 0 spiro atoms. The minimum absolute atomic E-state index is 0.0634. The van der Waals surface area contributed by atoms with Crippen LogP contribution in [-0.4, -0.2) is 35.8 Å². The first kappa shape index (κ1) is 20.6. The minimum atomic E-state index is -0.0886. The summed E-state index contributed by atoms with van der Waals surface area (Å²) in [5.41, 5.74) is 0.991. The van der Waals surface area contributed by atoms with Crippen LogP contribution in [0.1, 0.15) is 18.4 Å². The van der Waals surface area contributed by atoms with E-state index in [9.17, 15) is 4.79 Å². The molecule has 1 fully saturated rings. The number of carbonyl (C=O) groups is 1.